The minimum Gasteiger partial charge on any atom is -0.390 e. The lowest BCUT2D eigenvalue weighted by Gasteiger charge is -2.42. The number of nitriles is 1. The second-order valence-corrected chi connectivity index (χ2v) is 8.49. The van der Waals surface area contributed by atoms with Gasteiger partial charge in [0.25, 0.3) is 0 Å². The van der Waals surface area contributed by atoms with Gasteiger partial charge in [-0.2, -0.15) is 5.26 Å². The molecule has 2 aliphatic heterocycles. The second kappa shape index (κ2) is 8.08. The van der Waals surface area contributed by atoms with Crippen molar-refractivity contribution in [3.05, 3.63) is 34.4 Å². The number of aryl methyl sites for hydroxylation is 1. The van der Waals surface area contributed by atoms with E-state index in [0.29, 0.717) is 35.1 Å². The molecule has 1 spiro atoms. The quantitative estimate of drug-likeness (QED) is 0.762. The molecule has 2 aromatic rings. The Balaban J connectivity index is 1.64. The summed E-state index contributed by atoms with van der Waals surface area (Å²) < 4.78 is 5.81. The highest BCUT2D eigenvalue weighted by molar-refractivity contribution is 6.34. The zero-order valence-electron chi connectivity index (χ0n) is 17.1. The van der Waals surface area contributed by atoms with Gasteiger partial charge in [-0.15, -0.1) is 0 Å². The van der Waals surface area contributed by atoms with Crippen LogP contribution in [0, 0.1) is 23.7 Å². The summed E-state index contributed by atoms with van der Waals surface area (Å²) in [5.74, 6) is 0.680. The average molecular weight is 429 g/mol. The molecule has 2 fully saturated rings. The largest absolute Gasteiger partial charge is 0.390 e. The van der Waals surface area contributed by atoms with Crippen LogP contribution in [0.3, 0.4) is 0 Å². The molecular weight excluding hydrogens is 404 g/mol. The van der Waals surface area contributed by atoms with Gasteiger partial charge in [0.05, 0.1) is 35.7 Å². The first-order chi connectivity index (χ1) is 14.4. The highest BCUT2D eigenvalue weighted by Crippen LogP contribution is 2.42. The lowest BCUT2D eigenvalue weighted by Crippen LogP contribution is -2.51. The van der Waals surface area contributed by atoms with Crippen LogP contribution in [0.2, 0.25) is 5.02 Å². The first-order valence-electron chi connectivity index (χ1n) is 10.1. The molecule has 30 heavy (non-hydrogen) atoms. The molecule has 0 radical (unpaired) electrons. The van der Waals surface area contributed by atoms with E-state index >= 15 is 0 Å². The zero-order chi connectivity index (χ0) is 21.5. The Bertz CT molecular complexity index is 1000. The molecule has 2 saturated heterocycles. The molecule has 158 valence electrons. The Morgan fingerprint density at radius 3 is 2.73 bits per heavy atom. The van der Waals surface area contributed by atoms with Crippen molar-refractivity contribution < 1.29 is 9.84 Å². The van der Waals surface area contributed by atoms with Crippen LogP contribution < -0.4 is 10.6 Å². The second-order valence-electron chi connectivity index (χ2n) is 8.11. The van der Waals surface area contributed by atoms with Crippen molar-refractivity contribution in [2.45, 2.75) is 45.4 Å². The van der Waals surface area contributed by atoms with Gasteiger partial charge in [0, 0.05) is 36.3 Å². The summed E-state index contributed by atoms with van der Waals surface area (Å²) in [7, 11) is 0. The fraction of sp³-hybridized carbons (Fsp3) is 0.524. The van der Waals surface area contributed by atoms with E-state index in [-0.39, 0.29) is 34.9 Å². The van der Waals surface area contributed by atoms with E-state index < -0.39 is 0 Å². The first kappa shape index (κ1) is 20.9. The number of aliphatic hydroxyl groups excluding tert-OH is 1. The minimum absolute atomic E-state index is 0.00989. The zero-order valence-corrected chi connectivity index (χ0v) is 17.9. The van der Waals surface area contributed by atoms with Crippen LogP contribution >= 0.6 is 11.6 Å². The SMILES string of the molecule is Cc1nc(N2CCC3(CC2)CO[C@@H](C)[C@H]3N)c(CO)nc1-c1ccnc(C#N)c1Cl. The fourth-order valence-electron chi connectivity index (χ4n) is 4.50. The third kappa shape index (κ3) is 3.42. The van der Waals surface area contributed by atoms with Crippen molar-refractivity contribution in [3.8, 4) is 17.3 Å². The van der Waals surface area contributed by atoms with Gasteiger partial charge in [-0.25, -0.2) is 15.0 Å². The number of aliphatic hydroxyl groups is 1. The molecule has 0 bridgehead atoms. The van der Waals surface area contributed by atoms with Crippen LogP contribution in [0.15, 0.2) is 12.3 Å². The monoisotopic (exact) mass is 428 g/mol. The molecule has 0 amide bonds. The summed E-state index contributed by atoms with van der Waals surface area (Å²) in [6, 6.07) is 3.72. The highest BCUT2D eigenvalue weighted by atomic mass is 35.5. The lowest BCUT2D eigenvalue weighted by molar-refractivity contribution is 0.0973. The maximum absolute atomic E-state index is 10.00. The molecule has 0 aromatic carbocycles. The van der Waals surface area contributed by atoms with Crippen molar-refractivity contribution in [2.75, 3.05) is 24.6 Å². The van der Waals surface area contributed by atoms with Crippen LogP contribution in [0.5, 0.6) is 0 Å². The van der Waals surface area contributed by atoms with E-state index in [4.69, 9.17) is 27.1 Å². The van der Waals surface area contributed by atoms with Crippen LogP contribution in [0.25, 0.3) is 11.3 Å². The molecule has 4 rings (SSSR count). The summed E-state index contributed by atoms with van der Waals surface area (Å²) in [6.07, 6.45) is 3.42. The van der Waals surface area contributed by atoms with E-state index in [1.807, 2.05) is 19.9 Å². The Labute approximate surface area is 180 Å². The van der Waals surface area contributed by atoms with Gasteiger partial charge >= 0.3 is 0 Å². The molecule has 9 heteroatoms. The Kier molecular flexibility index (Phi) is 5.64. The number of rotatable bonds is 3. The average Bonchev–Trinajstić information content (AvgIpc) is 3.03. The highest BCUT2D eigenvalue weighted by Gasteiger charge is 2.47. The molecule has 2 aromatic heterocycles. The molecule has 8 nitrogen and oxygen atoms in total. The summed E-state index contributed by atoms with van der Waals surface area (Å²) >= 11 is 6.34. The number of hydrogen-bond acceptors (Lipinski definition) is 8. The Morgan fingerprint density at radius 1 is 1.40 bits per heavy atom. The molecule has 2 aliphatic rings. The summed E-state index contributed by atoms with van der Waals surface area (Å²) in [5, 5.41) is 19.4. The number of nitrogens with two attached hydrogens (primary N) is 1. The van der Waals surface area contributed by atoms with Crippen LogP contribution in [0.1, 0.15) is 36.8 Å². The number of hydrogen-bond donors (Lipinski definition) is 2. The third-order valence-corrected chi connectivity index (χ3v) is 6.81. The van der Waals surface area contributed by atoms with Gasteiger partial charge < -0.3 is 20.5 Å². The predicted molar refractivity (Wildman–Crippen MR) is 113 cm³/mol. The summed E-state index contributed by atoms with van der Waals surface area (Å²) in [4.78, 5) is 15.6. The van der Waals surface area contributed by atoms with Crippen molar-refractivity contribution >= 4 is 17.4 Å². The van der Waals surface area contributed by atoms with Gasteiger partial charge in [-0.1, -0.05) is 11.6 Å². The predicted octanol–water partition coefficient (Wildman–Crippen LogP) is 2.20. The van der Waals surface area contributed by atoms with Crippen molar-refractivity contribution in [2.24, 2.45) is 11.1 Å². The number of halogens is 1. The van der Waals surface area contributed by atoms with E-state index in [1.54, 1.807) is 6.07 Å². The lowest BCUT2D eigenvalue weighted by atomic mass is 9.73. The van der Waals surface area contributed by atoms with E-state index in [9.17, 15) is 10.4 Å². The maximum Gasteiger partial charge on any atom is 0.159 e. The normalized spacial score (nSPS) is 23.0. The van der Waals surface area contributed by atoms with E-state index in [1.165, 1.54) is 6.20 Å². The van der Waals surface area contributed by atoms with Crippen molar-refractivity contribution in [1.82, 2.24) is 15.0 Å². The van der Waals surface area contributed by atoms with Gasteiger partial charge in [0.1, 0.15) is 11.8 Å². The number of aromatic nitrogens is 3. The molecule has 4 heterocycles. The van der Waals surface area contributed by atoms with Crippen LogP contribution in [-0.4, -0.2) is 51.9 Å². The van der Waals surface area contributed by atoms with E-state index in [2.05, 4.69) is 14.9 Å². The molecule has 2 atom stereocenters. The summed E-state index contributed by atoms with van der Waals surface area (Å²) in [6.45, 7) is 5.89. The Morgan fingerprint density at radius 2 is 2.13 bits per heavy atom. The topological polar surface area (TPSA) is 121 Å². The van der Waals surface area contributed by atoms with E-state index in [0.717, 1.165) is 25.9 Å². The molecule has 3 N–H and O–H groups in total. The maximum atomic E-state index is 10.00. The van der Waals surface area contributed by atoms with Gasteiger partial charge in [-0.05, 0) is 32.8 Å². The number of anilines is 1. The molecule has 0 saturated carbocycles. The first-order valence-corrected chi connectivity index (χ1v) is 10.4. The Hall–Kier alpha value is -2.31. The fourth-order valence-corrected chi connectivity index (χ4v) is 4.74. The number of nitrogens with zero attached hydrogens (tertiary/aromatic N) is 5. The van der Waals surface area contributed by atoms with Crippen LogP contribution in [0.4, 0.5) is 5.82 Å². The van der Waals surface area contributed by atoms with Gasteiger partial charge in [-0.3, -0.25) is 0 Å². The smallest absolute Gasteiger partial charge is 0.159 e. The van der Waals surface area contributed by atoms with Gasteiger partial charge in [0.15, 0.2) is 11.5 Å². The minimum atomic E-state index is -0.245. The standard InChI is InChI=1S/C21H25ClN6O2/c1-12-18(14-3-6-25-15(9-23)17(14)22)27-16(10-29)20(26-12)28-7-4-21(5-8-28)11-30-13(2)19(21)24/h3,6,13,19,29H,4-5,7-8,10-11,24H2,1-2H3/t13-,19+/m0/s1. The van der Waals surface area contributed by atoms with Crippen molar-refractivity contribution in [3.63, 3.8) is 0 Å². The number of piperidine rings is 1. The summed E-state index contributed by atoms with van der Waals surface area (Å²) in [5.41, 5.74) is 8.85. The van der Waals surface area contributed by atoms with Gasteiger partial charge in [0.2, 0.25) is 0 Å². The molecule has 0 unspecified atom stereocenters. The third-order valence-electron chi connectivity index (χ3n) is 6.43. The molecule has 0 aliphatic carbocycles. The van der Waals surface area contributed by atoms with Crippen molar-refractivity contribution in [1.29, 1.82) is 5.26 Å². The molecular formula is C21H25ClN6O2. The number of ether oxygens (including phenoxy) is 1. The number of pyridine rings is 1. The van der Waals surface area contributed by atoms with Crippen LogP contribution in [-0.2, 0) is 11.3 Å².